The molecule has 1 amide bonds. The molecule has 0 spiro atoms. The summed E-state index contributed by atoms with van der Waals surface area (Å²) >= 11 is 1.20. The van der Waals surface area contributed by atoms with Crippen LogP contribution in [0.5, 0.6) is 0 Å². The molecule has 0 unspecified atom stereocenters. The van der Waals surface area contributed by atoms with Crippen LogP contribution in [0.3, 0.4) is 0 Å². The SMILES string of the molecule is CC1=C(C(=O)O)[C@H]2SC(C)(C)[C@H](C(=O)O)N2C1=O. The van der Waals surface area contributed by atoms with Gasteiger partial charge in [-0.25, -0.2) is 9.59 Å². The molecule has 1 saturated heterocycles. The van der Waals surface area contributed by atoms with Crippen molar-refractivity contribution in [1.29, 1.82) is 0 Å². The lowest BCUT2D eigenvalue weighted by molar-refractivity contribution is -0.148. The highest BCUT2D eigenvalue weighted by molar-refractivity contribution is 8.01. The highest BCUT2D eigenvalue weighted by Crippen LogP contribution is 2.51. The Morgan fingerprint density at radius 1 is 1.33 bits per heavy atom. The molecule has 0 aliphatic carbocycles. The van der Waals surface area contributed by atoms with Crippen molar-refractivity contribution in [3.8, 4) is 0 Å². The predicted molar refractivity (Wildman–Crippen MR) is 64.1 cm³/mol. The molecular weight excluding hydrogens is 258 g/mol. The third-order valence-corrected chi connectivity index (χ3v) is 4.79. The second kappa shape index (κ2) is 3.74. The van der Waals surface area contributed by atoms with E-state index in [9.17, 15) is 19.5 Å². The maximum absolute atomic E-state index is 12.0. The van der Waals surface area contributed by atoms with Crippen LogP contribution in [0.15, 0.2) is 11.1 Å². The highest BCUT2D eigenvalue weighted by Gasteiger charge is 2.58. The molecule has 6 nitrogen and oxygen atoms in total. The first-order valence-electron chi connectivity index (χ1n) is 5.36. The van der Waals surface area contributed by atoms with Gasteiger partial charge in [-0.3, -0.25) is 4.79 Å². The summed E-state index contributed by atoms with van der Waals surface area (Å²) in [5.74, 6) is -2.77. The van der Waals surface area contributed by atoms with Crippen molar-refractivity contribution in [3.05, 3.63) is 11.1 Å². The Bertz CT molecular complexity index is 496. The van der Waals surface area contributed by atoms with Crippen molar-refractivity contribution in [2.24, 2.45) is 0 Å². The van der Waals surface area contributed by atoms with Gasteiger partial charge >= 0.3 is 11.9 Å². The molecule has 2 rings (SSSR count). The van der Waals surface area contributed by atoms with Crippen LogP contribution < -0.4 is 0 Å². The largest absolute Gasteiger partial charge is 0.480 e. The van der Waals surface area contributed by atoms with Gasteiger partial charge in [0.1, 0.15) is 11.4 Å². The molecule has 98 valence electrons. The molecule has 0 saturated carbocycles. The van der Waals surface area contributed by atoms with Gasteiger partial charge in [-0.2, -0.15) is 0 Å². The van der Waals surface area contributed by atoms with Crippen molar-refractivity contribution < 1.29 is 24.6 Å². The van der Waals surface area contributed by atoms with E-state index in [1.165, 1.54) is 23.6 Å². The molecule has 2 aliphatic heterocycles. The maximum Gasteiger partial charge on any atom is 0.335 e. The zero-order chi connectivity index (χ0) is 13.8. The number of hydrogen-bond donors (Lipinski definition) is 2. The predicted octanol–water partition coefficient (Wildman–Crippen LogP) is 0.534. The van der Waals surface area contributed by atoms with Crippen LogP contribution in [0.25, 0.3) is 0 Å². The van der Waals surface area contributed by atoms with Gasteiger partial charge in [0.2, 0.25) is 0 Å². The Hall–Kier alpha value is -1.50. The number of carbonyl (C=O) groups excluding carboxylic acids is 1. The van der Waals surface area contributed by atoms with E-state index in [4.69, 9.17) is 5.11 Å². The second-order valence-electron chi connectivity index (χ2n) is 4.87. The smallest absolute Gasteiger partial charge is 0.335 e. The zero-order valence-corrected chi connectivity index (χ0v) is 10.9. The van der Waals surface area contributed by atoms with E-state index in [-0.39, 0.29) is 11.1 Å². The number of carboxylic acids is 2. The average Bonchev–Trinajstić information content (AvgIpc) is 2.58. The van der Waals surface area contributed by atoms with E-state index in [1.807, 2.05) is 0 Å². The molecule has 2 N–H and O–H groups in total. The highest BCUT2D eigenvalue weighted by atomic mass is 32.2. The lowest BCUT2D eigenvalue weighted by atomic mass is 10.0. The van der Waals surface area contributed by atoms with Gasteiger partial charge < -0.3 is 15.1 Å². The molecule has 0 aromatic heterocycles. The van der Waals surface area contributed by atoms with E-state index < -0.39 is 34.0 Å². The number of rotatable bonds is 2. The second-order valence-corrected chi connectivity index (χ2v) is 6.61. The van der Waals surface area contributed by atoms with Crippen molar-refractivity contribution in [3.63, 3.8) is 0 Å². The van der Waals surface area contributed by atoms with Gasteiger partial charge in [-0.15, -0.1) is 11.8 Å². The first-order valence-corrected chi connectivity index (χ1v) is 6.24. The number of carbonyl (C=O) groups is 3. The summed E-state index contributed by atoms with van der Waals surface area (Å²) in [5.41, 5.74) is 0.128. The summed E-state index contributed by atoms with van der Waals surface area (Å²) in [6.45, 7) is 4.84. The monoisotopic (exact) mass is 271 g/mol. The van der Waals surface area contributed by atoms with Crippen LogP contribution in [0, 0.1) is 0 Å². The number of thioether (sulfide) groups is 1. The van der Waals surface area contributed by atoms with Crippen LogP contribution in [0.4, 0.5) is 0 Å². The first kappa shape index (κ1) is 12.9. The van der Waals surface area contributed by atoms with Crippen LogP contribution >= 0.6 is 11.8 Å². The number of nitrogens with zero attached hydrogens (tertiary/aromatic N) is 1. The summed E-state index contributed by atoms with van der Waals surface area (Å²) in [6.07, 6.45) is 0. The summed E-state index contributed by atoms with van der Waals surface area (Å²) in [6, 6.07) is -1.01. The third kappa shape index (κ3) is 1.53. The Morgan fingerprint density at radius 3 is 2.33 bits per heavy atom. The lowest BCUT2D eigenvalue weighted by Gasteiger charge is -2.26. The molecule has 18 heavy (non-hydrogen) atoms. The van der Waals surface area contributed by atoms with Gasteiger partial charge in [0.05, 0.1) is 5.57 Å². The molecule has 0 bridgehead atoms. The van der Waals surface area contributed by atoms with E-state index in [0.29, 0.717) is 0 Å². The Labute approximate surface area is 108 Å². The molecular formula is C11H13NO5S. The molecule has 0 aromatic carbocycles. The van der Waals surface area contributed by atoms with Gasteiger partial charge in [-0.1, -0.05) is 0 Å². The van der Waals surface area contributed by atoms with Crippen LogP contribution in [0.1, 0.15) is 20.8 Å². The fourth-order valence-electron chi connectivity index (χ4n) is 2.48. The van der Waals surface area contributed by atoms with Gasteiger partial charge in [-0.05, 0) is 20.8 Å². The topological polar surface area (TPSA) is 94.9 Å². The van der Waals surface area contributed by atoms with Crippen molar-refractivity contribution in [1.82, 2.24) is 4.90 Å². The Balaban J connectivity index is 2.51. The molecule has 2 atom stereocenters. The molecule has 2 aliphatic rings. The molecule has 0 aromatic rings. The summed E-state index contributed by atoms with van der Waals surface area (Å²) in [4.78, 5) is 35.7. The number of aliphatic carboxylic acids is 2. The number of fused-ring (bicyclic) bond motifs is 1. The van der Waals surface area contributed by atoms with Crippen LogP contribution in [-0.2, 0) is 14.4 Å². The molecule has 2 heterocycles. The van der Waals surface area contributed by atoms with Crippen molar-refractivity contribution in [2.45, 2.75) is 36.9 Å². The number of hydrogen-bond acceptors (Lipinski definition) is 4. The average molecular weight is 271 g/mol. The van der Waals surface area contributed by atoms with E-state index in [2.05, 4.69) is 0 Å². The minimum atomic E-state index is -1.16. The standard InChI is InChI=1S/C11H13NO5S/c1-4-5(9(14)15)8-12(7(4)13)6(10(16)17)11(2,3)18-8/h6,8H,1-3H3,(H,14,15)(H,16,17)/t6-,8+/m0/s1. The normalized spacial score (nSPS) is 29.7. The van der Waals surface area contributed by atoms with Crippen LogP contribution in [-0.4, -0.2) is 49.1 Å². The van der Waals surface area contributed by atoms with Gasteiger partial charge in [0, 0.05) is 10.3 Å². The zero-order valence-electron chi connectivity index (χ0n) is 10.1. The van der Waals surface area contributed by atoms with Gasteiger partial charge in [0.15, 0.2) is 0 Å². The van der Waals surface area contributed by atoms with Crippen LogP contribution in [0.2, 0.25) is 0 Å². The lowest BCUT2D eigenvalue weighted by Crippen LogP contribution is -2.49. The minimum Gasteiger partial charge on any atom is -0.480 e. The number of amides is 1. The van der Waals surface area contributed by atoms with E-state index in [1.54, 1.807) is 13.8 Å². The summed E-state index contributed by atoms with van der Waals surface area (Å²) < 4.78 is -0.715. The summed E-state index contributed by atoms with van der Waals surface area (Å²) in [5, 5.41) is 17.7. The maximum atomic E-state index is 12.0. The minimum absolute atomic E-state index is 0.00169. The molecule has 0 radical (unpaired) electrons. The van der Waals surface area contributed by atoms with E-state index in [0.717, 1.165) is 0 Å². The quantitative estimate of drug-likeness (QED) is 0.761. The molecule has 1 fully saturated rings. The fraction of sp³-hybridized carbons (Fsp3) is 0.545. The van der Waals surface area contributed by atoms with E-state index >= 15 is 0 Å². The summed E-state index contributed by atoms with van der Waals surface area (Å²) in [7, 11) is 0. The van der Waals surface area contributed by atoms with Crippen molar-refractivity contribution in [2.75, 3.05) is 0 Å². The molecule has 7 heteroatoms. The van der Waals surface area contributed by atoms with Crippen molar-refractivity contribution >= 4 is 29.6 Å². The Kier molecular flexibility index (Phi) is 2.69. The van der Waals surface area contributed by atoms with Gasteiger partial charge in [0.25, 0.3) is 5.91 Å². The number of carboxylic acid groups (broad SMARTS) is 2. The Morgan fingerprint density at radius 2 is 1.89 bits per heavy atom. The third-order valence-electron chi connectivity index (χ3n) is 3.28. The fourth-order valence-corrected chi connectivity index (χ4v) is 4.12. The first-order chi connectivity index (χ1) is 8.18.